The fourth-order valence-electron chi connectivity index (χ4n) is 2.31. The van der Waals surface area contributed by atoms with Crippen molar-refractivity contribution in [2.45, 2.75) is 39.2 Å². The zero-order chi connectivity index (χ0) is 20.5. The molecule has 1 aromatic heterocycles. The molecule has 2 amide bonds. The summed E-state index contributed by atoms with van der Waals surface area (Å²) in [5.74, 6) is -0.416. The molecule has 0 saturated carbocycles. The number of nitrogens with one attached hydrogen (secondary N) is 2. The first-order chi connectivity index (χ1) is 13.4. The van der Waals surface area contributed by atoms with Crippen LogP contribution in [0.15, 0.2) is 34.9 Å². The highest BCUT2D eigenvalue weighted by Crippen LogP contribution is 2.11. The van der Waals surface area contributed by atoms with Crippen LogP contribution in [0, 0.1) is 6.92 Å². The number of amides is 2. The molecule has 150 valence electrons. The van der Waals surface area contributed by atoms with E-state index in [4.69, 9.17) is 20.9 Å². The van der Waals surface area contributed by atoms with Crippen LogP contribution in [-0.4, -0.2) is 35.6 Å². The van der Waals surface area contributed by atoms with Gasteiger partial charge in [0.1, 0.15) is 5.76 Å². The van der Waals surface area contributed by atoms with Gasteiger partial charge in [-0.1, -0.05) is 23.7 Å². The van der Waals surface area contributed by atoms with Gasteiger partial charge in [0.2, 0.25) is 0 Å². The first-order valence-corrected chi connectivity index (χ1v) is 9.24. The molecule has 0 radical (unpaired) electrons. The second-order valence-electron chi connectivity index (χ2n) is 6.07. The molecule has 1 atom stereocenters. The van der Waals surface area contributed by atoms with E-state index in [9.17, 15) is 14.4 Å². The van der Waals surface area contributed by atoms with Crippen LogP contribution in [0.4, 0.5) is 5.82 Å². The van der Waals surface area contributed by atoms with Crippen LogP contribution >= 0.6 is 11.6 Å². The number of hydrogen-bond acceptors (Lipinski definition) is 6. The number of aromatic nitrogens is 1. The number of carbonyl (C=O) groups excluding carboxylic acids is 3. The minimum atomic E-state index is -0.923. The van der Waals surface area contributed by atoms with Gasteiger partial charge >= 0.3 is 5.97 Å². The third-order valence-corrected chi connectivity index (χ3v) is 4.02. The number of carbonyl (C=O) groups is 3. The van der Waals surface area contributed by atoms with Gasteiger partial charge in [-0.3, -0.25) is 14.4 Å². The molecule has 1 unspecified atom stereocenters. The summed E-state index contributed by atoms with van der Waals surface area (Å²) in [6.45, 7) is 3.74. The van der Waals surface area contributed by atoms with Gasteiger partial charge in [0, 0.05) is 29.6 Å². The third kappa shape index (κ3) is 6.70. The summed E-state index contributed by atoms with van der Waals surface area (Å²) in [6, 6.07) is 8.06. The molecule has 0 aliphatic rings. The van der Waals surface area contributed by atoms with E-state index < -0.39 is 18.0 Å². The maximum atomic E-state index is 12.2. The van der Waals surface area contributed by atoms with E-state index in [-0.39, 0.29) is 18.1 Å². The van der Waals surface area contributed by atoms with Crippen LogP contribution in [0.5, 0.6) is 0 Å². The van der Waals surface area contributed by atoms with E-state index in [1.807, 2.05) is 0 Å². The Bertz CT molecular complexity index is 819. The summed E-state index contributed by atoms with van der Waals surface area (Å²) >= 11 is 5.78. The van der Waals surface area contributed by atoms with Crippen molar-refractivity contribution in [3.63, 3.8) is 0 Å². The van der Waals surface area contributed by atoms with Gasteiger partial charge in [0.05, 0.1) is 0 Å². The molecule has 2 aromatic rings. The Labute approximate surface area is 167 Å². The van der Waals surface area contributed by atoms with Gasteiger partial charge in [0.25, 0.3) is 11.8 Å². The number of hydrogen-bond donors (Lipinski definition) is 2. The lowest BCUT2D eigenvalue weighted by molar-refractivity contribution is -0.154. The van der Waals surface area contributed by atoms with E-state index in [1.165, 1.54) is 0 Å². The standard InChI is InChI=1S/C19H22ClN3O5/c1-3-15(19(26)22-16-11-12(2)28-23-16)27-17(24)5-4-10-21-18(25)13-6-8-14(20)9-7-13/h6-9,11,15H,3-5,10H2,1-2H3,(H,21,25)(H,22,23,26). The Morgan fingerprint density at radius 1 is 1.25 bits per heavy atom. The second kappa shape index (κ2) is 10.5. The molecule has 0 bridgehead atoms. The fraction of sp³-hybridized carbons (Fsp3) is 0.368. The lowest BCUT2D eigenvalue weighted by atomic mass is 10.2. The Morgan fingerprint density at radius 2 is 1.96 bits per heavy atom. The Balaban J connectivity index is 1.70. The third-order valence-electron chi connectivity index (χ3n) is 3.77. The predicted octanol–water partition coefficient (Wildman–Crippen LogP) is 3.11. The minimum absolute atomic E-state index is 0.0771. The van der Waals surface area contributed by atoms with Crippen LogP contribution in [0.25, 0.3) is 0 Å². The fourth-order valence-corrected chi connectivity index (χ4v) is 2.44. The lowest BCUT2D eigenvalue weighted by Gasteiger charge is -2.15. The molecule has 0 aliphatic heterocycles. The van der Waals surface area contributed by atoms with Crippen molar-refractivity contribution < 1.29 is 23.6 Å². The summed E-state index contributed by atoms with van der Waals surface area (Å²) in [4.78, 5) is 36.1. The highest BCUT2D eigenvalue weighted by Gasteiger charge is 2.22. The van der Waals surface area contributed by atoms with Gasteiger partial charge in [-0.05, 0) is 44.0 Å². The molecular weight excluding hydrogens is 386 g/mol. The number of anilines is 1. The predicted molar refractivity (Wildman–Crippen MR) is 103 cm³/mol. The van der Waals surface area contributed by atoms with Gasteiger partial charge in [-0.2, -0.15) is 0 Å². The molecule has 0 saturated heterocycles. The van der Waals surface area contributed by atoms with Gasteiger partial charge in [-0.25, -0.2) is 0 Å². The zero-order valence-electron chi connectivity index (χ0n) is 15.7. The molecule has 2 N–H and O–H groups in total. The van der Waals surface area contributed by atoms with Gasteiger partial charge in [0.15, 0.2) is 11.9 Å². The Morgan fingerprint density at radius 3 is 2.57 bits per heavy atom. The van der Waals surface area contributed by atoms with Crippen LogP contribution in [0.3, 0.4) is 0 Å². The van der Waals surface area contributed by atoms with E-state index in [1.54, 1.807) is 44.2 Å². The summed E-state index contributed by atoms with van der Waals surface area (Å²) in [5, 5.41) is 9.46. The second-order valence-corrected chi connectivity index (χ2v) is 6.50. The SMILES string of the molecule is CCC(OC(=O)CCCNC(=O)c1ccc(Cl)cc1)C(=O)Nc1cc(C)on1. The highest BCUT2D eigenvalue weighted by molar-refractivity contribution is 6.30. The Kier molecular flexibility index (Phi) is 8.01. The summed E-state index contributed by atoms with van der Waals surface area (Å²) < 4.78 is 10.1. The van der Waals surface area contributed by atoms with Crippen molar-refractivity contribution in [2.24, 2.45) is 0 Å². The molecule has 1 heterocycles. The van der Waals surface area contributed by atoms with Gasteiger partial charge < -0.3 is 19.9 Å². The number of rotatable bonds is 9. The van der Waals surface area contributed by atoms with Crippen LogP contribution < -0.4 is 10.6 Å². The molecule has 9 heteroatoms. The topological polar surface area (TPSA) is 111 Å². The average molecular weight is 408 g/mol. The van der Waals surface area contributed by atoms with Crippen molar-refractivity contribution in [1.82, 2.24) is 10.5 Å². The molecule has 8 nitrogen and oxygen atoms in total. The molecule has 28 heavy (non-hydrogen) atoms. The van der Waals surface area contributed by atoms with Crippen molar-refractivity contribution >= 4 is 35.2 Å². The van der Waals surface area contributed by atoms with E-state index in [0.29, 0.717) is 35.7 Å². The largest absolute Gasteiger partial charge is 0.452 e. The van der Waals surface area contributed by atoms with Gasteiger partial charge in [-0.15, -0.1) is 0 Å². The normalized spacial score (nSPS) is 11.5. The smallest absolute Gasteiger partial charge is 0.306 e. The number of nitrogens with zero attached hydrogens (tertiary/aromatic N) is 1. The minimum Gasteiger partial charge on any atom is -0.452 e. The maximum Gasteiger partial charge on any atom is 0.306 e. The van der Waals surface area contributed by atoms with Crippen LogP contribution in [-0.2, 0) is 14.3 Å². The molecule has 0 spiro atoms. The van der Waals surface area contributed by atoms with Crippen LogP contribution in [0.1, 0.15) is 42.3 Å². The van der Waals surface area contributed by atoms with Crippen molar-refractivity contribution in [3.05, 3.63) is 46.7 Å². The number of benzene rings is 1. The summed E-state index contributed by atoms with van der Waals surface area (Å²) in [6.07, 6.45) is -0.137. The highest BCUT2D eigenvalue weighted by atomic mass is 35.5. The zero-order valence-corrected chi connectivity index (χ0v) is 16.4. The monoisotopic (exact) mass is 407 g/mol. The van der Waals surface area contributed by atoms with Crippen molar-refractivity contribution in [2.75, 3.05) is 11.9 Å². The maximum absolute atomic E-state index is 12.2. The number of ether oxygens (including phenoxy) is 1. The van der Waals surface area contributed by atoms with E-state index in [2.05, 4.69) is 15.8 Å². The first-order valence-electron chi connectivity index (χ1n) is 8.86. The molecule has 2 rings (SSSR count). The molecule has 0 aliphatic carbocycles. The Hall–Kier alpha value is -2.87. The lowest BCUT2D eigenvalue weighted by Crippen LogP contribution is -2.32. The number of aryl methyl sites for hydroxylation is 1. The molecular formula is C19H22ClN3O5. The number of halogens is 1. The average Bonchev–Trinajstić information content (AvgIpc) is 3.08. The van der Waals surface area contributed by atoms with Crippen LogP contribution in [0.2, 0.25) is 5.02 Å². The first kappa shape index (κ1) is 21.4. The quantitative estimate of drug-likeness (QED) is 0.488. The van der Waals surface area contributed by atoms with E-state index >= 15 is 0 Å². The van der Waals surface area contributed by atoms with Crippen molar-refractivity contribution in [1.29, 1.82) is 0 Å². The summed E-state index contributed by atoms with van der Waals surface area (Å²) in [5.41, 5.74) is 0.484. The summed E-state index contributed by atoms with van der Waals surface area (Å²) in [7, 11) is 0. The molecule has 1 aromatic carbocycles. The number of esters is 1. The van der Waals surface area contributed by atoms with Crippen molar-refractivity contribution in [3.8, 4) is 0 Å². The van der Waals surface area contributed by atoms with E-state index in [0.717, 1.165) is 0 Å². The molecule has 0 fully saturated rings.